The number of benzene rings is 2. The number of aliphatic hydroxyl groups excluding tert-OH is 1. The number of nitro groups is 1. The van der Waals surface area contributed by atoms with Gasteiger partial charge in [0.05, 0.1) is 17.5 Å². The summed E-state index contributed by atoms with van der Waals surface area (Å²) in [5, 5.41) is 21.2. The molecule has 8 heteroatoms. The minimum atomic E-state index is -0.637. The van der Waals surface area contributed by atoms with Crippen LogP contribution in [0, 0.1) is 10.1 Å². The fourth-order valence-electron chi connectivity index (χ4n) is 2.33. The molecule has 0 fully saturated rings. The maximum absolute atomic E-state index is 12.2. The Kier molecular flexibility index (Phi) is 4.17. The number of rotatable bonds is 4. The number of nitrogens with zero attached hydrogens (tertiary/aromatic N) is 2. The van der Waals surface area contributed by atoms with Gasteiger partial charge in [0.1, 0.15) is 22.7 Å². The van der Waals surface area contributed by atoms with Crippen molar-refractivity contribution in [3.63, 3.8) is 0 Å². The number of hydrogen-bond donors (Lipinski definition) is 2. The lowest BCUT2D eigenvalue weighted by Crippen LogP contribution is -2.13. The summed E-state index contributed by atoms with van der Waals surface area (Å²) in [6.45, 7) is 0. The van der Waals surface area contributed by atoms with Crippen molar-refractivity contribution in [3.05, 3.63) is 74.2 Å². The highest BCUT2D eigenvalue weighted by Gasteiger charge is 2.14. The Bertz CT molecular complexity index is 1040. The average molecular weight is 339 g/mol. The number of methoxy groups -OCH3 is 1. The van der Waals surface area contributed by atoms with E-state index < -0.39 is 10.5 Å². The minimum absolute atomic E-state index is 0.0404. The third-order valence-corrected chi connectivity index (χ3v) is 3.59. The number of aliphatic hydroxyl groups is 1. The van der Waals surface area contributed by atoms with E-state index in [0.717, 1.165) is 0 Å². The van der Waals surface area contributed by atoms with Gasteiger partial charge in [-0.1, -0.05) is 6.07 Å². The predicted molar refractivity (Wildman–Crippen MR) is 92.5 cm³/mol. The van der Waals surface area contributed by atoms with E-state index >= 15 is 0 Å². The molecule has 0 aliphatic heterocycles. The summed E-state index contributed by atoms with van der Waals surface area (Å²) in [7, 11) is 1.53. The summed E-state index contributed by atoms with van der Waals surface area (Å²) in [5.41, 5.74) is -0.164. The summed E-state index contributed by atoms with van der Waals surface area (Å²) >= 11 is 0. The van der Waals surface area contributed by atoms with Gasteiger partial charge >= 0.3 is 0 Å². The molecule has 0 saturated carbocycles. The molecule has 8 nitrogen and oxygen atoms in total. The molecule has 1 aromatic heterocycles. The molecule has 0 amide bonds. The van der Waals surface area contributed by atoms with Crippen molar-refractivity contribution in [1.82, 2.24) is 9.97 Å². The summed E-state index contributed by atoms with van der Waals surface area (Å²) in [6, 6.07) is 10.9. The number of nitrogens with one attached hydrogen (secondary N) is 1. The Morgan fingerprint density at radius 3 is 2.64 bits per heavy atom. The molecule has 2 aromatic carbocycles. The maximum atomic E-state index is 12.2. The van der Waals surface area contributed by atoms with Gasteiger partial charge in [0, 0.05) is 17.7 Å². The lowest BCUT2D eigenvalue weighted by Gasteiger charge is -2.04. The van der Waals surface area contributed by atoms with Crippen molar-refractivity contribution in [2.24, 2.45) is 0 Å². The van der Waals surface area contributed by atoms with E-state index in [2.05, 4.69) is 9.97 Å². The van der Waals surface area contributed by atoms with E-state index in [1.54, 1.807) is 30.3 Å². The minimum Gasteiger partial charge on any atom is -0.507 e. The molecular formula is C17H13N3O5. The monoisotopic (exact) mass is 339 g/mol. The lowest BCUT2D eigenvalue weighted by molar-refractivity contribution is -0.383. The van der Waals surface area contributed by atoms with E-state index in [-0.39, 0.29) is 28.2 Å². The normalized spacial score (nSPS) is 11.5. The second-order valence-electron chi connectivity index (χ2n) is 5.14. The van der Waals surface area contributed by atoms with Gasteiger partial charge in [-0.3, -0.25) is 14.9 Å². The zero-order valence-electron chi connectivity index (χ0n) is 13.1. The molecule has 1 heterocycles. The van der Waals surface area contributed by atoms with Gasteiger partial charge in [0.2, 0.25) is 0 Å². The first kappa shape index (κ1) is 16.2. The van der Waals surface area contributed by atoms with Crippen molar-refractivity contribution < 1.29 is 14.8 Å². The van der Waals surface area contributed by atoms with E-state index in [1.165, 1.54) is 25.3 Å². The zero-order chi connectivity index (χ0) is 18.0. The van der Waals surface area contributed by atoms with Gasteiger partial charge in [-0.05, 0) is 30.3 Å². The number of H-pyrrole nitrogens is 1. The third-order valence-electron chi connectivity index (χ3n) is 3.59. The maximum Gasteiger partial charge on any atom is 0.295 e. The average Bonchev–Trinajstić information content (AvgIpc) is 2.61. The molecule has 0 unspecified atom stereocenters. The smallest absolute Gasteiger partial charge is 0.295 e. The molecule has 0 radical (unpaired) electrons. The molecule has 3 aromatic rings. The fourth-order valence-corrected chi connectivity index (χ4v) is 2.33. The Morgan fingerprint density at radius 2 is 2.00 bits per heavy atom. The van der Waals surface area contributed by atoms with Gasteiger partial charge in [0.15, 0.2) is 0 Å². The van der Waals surface area contributed by atoms with Crippen LogP contribution in [-0.2, 0) is 0 Å². The van der Waals surface area contributed by atoms with E-state index in [4.69, 9.17) is 4.74 Å². The van der Waals surface area contributed by atoms with E-state index in [1.807, 2.05) is 0 Å². The highest BCUT2D eigenvalue weighted by molar-refractivity contribution is 5.85. The molecule has 0 bridgehead atoms. The summed E-state index contributed by atoms with van der Waals surface area (Å²) in [5.74, 6) is 0.468. The van der Waals surface area contributed by atoms with Crippen LogP contribution in [0.5, 0.6) is 5.75 Å². The van der Waals surface area contributed by atoms with Crippen molar-refractivity contribution in [2.75, 3.05) is 7.11 Å². The molecule has 0 aliphatic rings. The fraction of sp³-hybridized carbons (Fsp3) is 0.0588. The number of ether oxygens (including phenoxy) is 1. The van der Waals surface area contributed by atoms with Crippen LogP contribution in [0.15, 0.2) is 47.3 Å². The highest BCUT2D eigenvalue weighted by atomic mass is 16.6. The number of aromatic nitrogens is 2. The van der Waals surface area contributed by atoms with E-state index in [9.17, 15) is 20.0 Å². The second-order valence-corrected chi connectivity index (χ2v) is 5.14. The Hall–Kier alpha value is -3.68. The molecule has 0 spiro atoms. The number of para-hydroxylation sites is 1. The standard InChI is InChI=1S/C17H13N3O5/c1-25-11-7-5-10(6-8-11)15(21)9-13-17(22)19-16-12(18-13)3-2-4-14(16)20(23)24/h2-9,21H,1H3,(H,19,22)/b15-9-. The zero-order valence-corrected chi connectivity index (χ0v) is 13.1. The predicted octanol–water partition coefficient (Wildman–Crippen LogP) is 2.90. The second kappa shape index (κ2) is 6.44. The molecule has 0 aliphatic carbocycles. The van der Waals surface area contributed by atoms with Crippen LogP contribution in [0.3, 0.4) is 0 Å². The molecular weight excluding hydrogens is 326 g/mol. The number of fused-ring (bicyclic) bond motifs is 1. The molecule has 0 saturated heterocycles. The van der Waals surface area contributed by atoms with Crippen molar-refractivity contribution in [1.29, 1.82) is 0 Å². The molecule has 3 rings (SSSR count). The van der Waals surface area contributed by atoms with Gasteiger partial charge < -0.3 is 14.8 Å². The quantitative estimate of drug-likeness (QED) is 0.428. The van der Waals surface area contributed by atoms with Crippen molar-refractivity contribution in [3.8, 4) is 5.75 Å². The van der Waals surface area contributed by atoms with Crippen LogP contribution in [-0.4, -0.2) is 27.1 Å². The largest absolute Gasteiger partial charge is 0.507 e. The van der Waals surface area contributed by atoms with Crippen molar-refractivity contribution in [2.45, 2.75) is 0 Å². The Labute approximate surface area is 141 Å². The number of hydrogen-bond acceptors (Lipinski definition) is 6. The van der Waals surface area contributed by atoms with E-state index in [0.29, 0.717) is 11.3 Å². The highest BCUT2D eigenvalue weighted by Crippen LogP contribution is 2.22. The Morgan fingerprint density at radius 1 is 1.28 bits per heavy atom. The first-order chi connectivity index (χ1) is 12.0. The molecule has 25 heavy (non-hydrogen) atoms. The summed E-state index contributed by atoms with van der Waals surface area (Å²) in [6.07, 6.45) is 1.21. The number of non-ortho nitro benzene ring substituents is 1. The third kappa shape index (κ3) is 3.18. The van der Waals surface area contributed by atoms with Crippen LogP contribution >= 0.6 is 0 Å². The van der Waals surface area contributed by atoms with Gasteiger partial charge in [-0.2, -0.15) is 0 Å². The summed E-state index contributed by atoms with van der Waals surface area (Å²) in [4.78, 5) is 29.1. The van der Waals surface area contributed by atoms with Crippen molar-refractivity contribution >= 4 is 28.6 Å². The first-order valence-electron chi connectivity index (χ1n) is 7.22. The van der Waals surface area contributed by atoms with Crippen LogP contribution < -0.4 is 10.3 Å². The molecule has 126 valence electrons. The Balaban J connectivity index is 2.07. The number of aromatic amines is 1. The van der Waals surface area contributed by atoms with Crippen LogP contribution in [0.2, 0.25) is 0 Å². The first-order valence-corrected chi connectivity index (χ1v) is 7.22. The van der Waals surface area contributed by atoms with Gasteiger partial charge in [-0.15, -0.1) is 0 Å². The lowest BCUT2D eigenvalue weighted by atomic mass is 10.1. The SMILES string of the molecule is COc1ccc(/C(O)=C/c2nc3cccc([N+](=O)[O-])c3[nH]c2=O)cc1. The molecule has 0 atom stereocenters. The summed E-state index contributed by atoms with van der Waals surface area (Å²) < 4.78 is 5.04. The van der Waals surface area contributed by atoms with Crippen LogP contribution in [0.25, 0.3) is 22.9 Å². The number of nitro benzene ring substituents is 1. The molecule has 2 N–H and O–H groups in total. The van der Waals surface area contributed by atoms with Gasteiger partial charge in [-0.25, -0.2) is 4.98 Å². The topological polar surface area (TPSA) is 118 Å². The van der Waals surface area contributed by atoms with Gasteiger partial charge in [0.25, 0.3) is 11.2 Å². The van der Waals surface area contributed by atoms with Crippen LogP contribution in [0.1, 0.15) is 11.3 Å². The van der Waals surface area contributed by atoms with Crippen LogP contribution in [0.4, 0.5) is 5.69 Å².